The van der Waals surface area contributed by atoms with Gasteiger partial charge >= 0.3 is 5.97 Å². The summed E-state index contributed by atoms with van der Waals surface area (Å²) < 4.78 is 4.95. The second-order valence-electron chi connectivity index (χ2n) is 5.11. The Morgan fingerprint density at radius 3 is 2.50 bits per heavy atom. The highest BCUT2D eigenvalue weighted by atomic mass is 16.5. The molecule has 0 unspecified atom stereocenters. The molecule has 0 heterocycles. The van der Waals surface area contributed by atoms with Gasteiger partial charge in [-0.2, -0.15) is 0 Å². The van der Waals surface area contributed by atoms with E-state index in [0.29, 0.717) is 13.0 Å². The highest BCUT2D eigenvalue weighted by Gasteiger charge is 2.04. The van der Waals surface area contributed by atoms with Crippen LogP contribution in [0.3, 0.4) is 0 Å². The van der Waals surface area contributed by atoms with Crippen molar-refractivity contribution in [3.05, 3.63) is 54.1 Å². The topological polar surface area (TPSA) is 38.3 Å². The van der Waals surface area contributed by atoms with E-state index in [1.165, 1.54) is 11.1 Å². The van der Waals surface area contributed by atoms with Crippen molar-refractivity contribution in [1.29, 1.82) is 0 Å². The lowest BCUT2D eigenvalue weighted by atomic mass is 10.0. The quantitative estimate of drug-likeness (QED) is 0.775. The molecule has 22 heavy (non-hydrogen) atoms. The predicted octanol–water partition coefficient (Wildman–Crippen LogP) is 4.28. The minimum Gasteiger partial charge on any atom is -0.466 e. The SMILES string of the molecule is CCNc1cccc(-c2ccc(CCC(=O)OCC)cc2)c1. The molecule has 0 aliphatic heterocycles. The Morgan fingerprint density at radius 2 is 1.82 bits per heavy atom. The third-order valence-electron chi connectivity index (χ3n) is 3.45. The summed E-state index contributed by atoms with van der Waals surface area (Å²) in [4.78, 5) is 11.4. The van der Waals surface area contributed by atoms with E-state index < -0.39 is 0 Å². The molecule has 2 aromatic carbocycles. The van der Waals surface area contributed by atoms with Gasteiger partial charge in [0, 0.05) is 18.7 Å². The van der Waals surface area contributed by atoms with Crippen LogP contribution in [-0.4, -0.2) is 19.1 Å². The van der Waals surface area contributed by atoms with E-state index in [4.69, 9.17) is 4.74 Å². The summed E-state index contributed by atoms with van der Waals surface area (Å²) in [6, 6.07) is 16.7. The molecule has 3 nitrogen and oxygen atoms in total. The van der Waals surface area contributed by atoms with Crippen molar-refractivity contribution in [3.63, 3.8) is 0 Å². The molecule has 0 fully saturated rings. The van der Waals surface area contributed by atoms with E-state index in [-0.39, 0.29) is 5.97 Å². The molecule has 0 radical (unpaired) electrons. The number of anilines is 1. The molecule has 0 aliphatic carbocycles. The van der Waals surface area contributed by atoms with Gasteiger partial charge in [0.15, 0.2) is 0 Å². The van der Waals surface area contributed by atoms with Crippen molar-refractivity contribution < 1.29 is 9.53 Å². The number of hydrogen-bond acceptors (Lipinski definition) is 3. The van der Waals surface area contributed by atoms with E-state index >= 15 is 0 Å². The van der Waals surface area contributed by atoms with Gasteiger partial charge in [-0.1, -0.05) is 36.4 Å². The minimum absolute atomic E-state index is 0.134. The number of esters is 1. The molecule has 116 valence electrons. The molecule has 0 saturated heterocycles. The largest absolute Gasteiger partial charge is 0.466 e. The van der Waals surface area contributed by atoms with Crippen LogP contribution in [0.2, 0.25) is 0 Å². The second kappa shape index (κ2) is 8.23. The number of ether oxygens (including phenoxy) is 1. The fraction of sp³-hybridized carbons (Fsp3) is 0.316. The summed E-state index contributed by atoms with van der Waals surface area (Å²) in [6.45, 7) is 5.27. The second-order valence-corrected chi connectivity index (χ2v) is 5.11. The predicted molar refractivity (Wildman–Crippen MR) is 91.0 cm³/mol. The molecule has 0 spiro atoms. The minimum atomic E-state index is -0.134. The Labute approximate surface area is 132 Å². The normalized spacial score (nSPS) is 10.3. The molecule has 2 rings (SSSR count). The first-order valence-corrected chi connectivity index (χ1v) is 7.81. The van der Waals surface area contributed by atoms with Crippen molar-refractivity contribution in [3.8, 4) is 11.1 Å². The molecule has 1 N–H and O–H groups in total. The first kappa shape index (κ1) is 16.1. The monoisotopic (exact) mass is 297 g/mol. The average molecular weight is 297 g/mol. The Hall–Kier alpha value is -2.29. The van der Waals surface area contributed by atoms with Crippen LogP contribution in [0, 0.1) is 0 Å². The average Bonchev–Trinajstić information content (AvgIpc) is 2.54. The number of hydrogen-bond donors (Lipinski definition) is 1. The Balaban J connectivity index is 2.02. The van der Waals surface area contributed by atoms with Gasteiger partial charge in [-0.15, -0.1) is 0 Å². The van der Waals surface area contributed by atoms with E-state index in [0.717, 1.165) is 24.2 Å². The van der Waals surface area contributed by atoms with Crippen molar-refractivity contribution in [2.45, 2.75) is 26.7 Å². The highest BCUT2D eigenvalue weighted by Crippen LogP contribution is 2.23. The van der Waals surface area contributed by atoms with Crippen LogP contribution in [0.5, 0.6) is 0 Å². The van der Waals surface area contributed by atoms with Crippen LogP contribution in [0.4, 0.5) is 5.69 Å². The van der Waals surface area contributed by atoms with E-state index in [2.05, 4.69) is 60.8 Å². The van der Waals surface area contributed by atoms with Crippen LogP contribution in [0.25, 0.3) is 11.1 Å². The summed E-state index contributed by atoms with van der Waals surface area (Å²) >= 11 is 0. The van der Waals surface area contributed by atoms with Crippen molar-refractivity contribution in [2.75, 3.05) is 18.5 Å². The first-order valence-electron chi connectivity index (χ1n) is 7.81. The fourth-order valence-corrected chi connectivity index (χ4v) is 2.36. The standard InChI is InChI=1S/C19H23NO2/c1-3-20-18-7-5-6-17(14-18)16-11-8-15(9-12-16)10-13-19(21)22-4-2/h5-9,11-12,14,20H,3-4,10,13H2,1-2H3. The molecule has 0 aliphatic rings. The van der Waals surface area contributed by atoms with E-state index in [1.54, 1.807) is 0 Å². The number of rotatable bonds is 7. The Kier molecular flexibility index (Phi) is 6.01. The molecule has 0 saturated carbocycles. The van der Waals surface area contributed by atoms with Gasteiger partial charge in [-0.3, -0.25) is 4.79 Å². The molecular weight excluding hydrogens is 274 g/mol. The zero-order chi connectivity index (χ0) is 15.8. The molecule has 0 aromatic heterocycles. The molecule has 0 bridgehead atoms. The summed E-state index contributed by atoms with van der Waals surface area (Å²) in [7, 11) is 0. The summed E-state index contributed by atoms with van der Waals surface area (Å²) in [5.74, 6) is -0.134. The molecule has 3 heteroatoms. The highest BCUT2D eigenvalue weighted by molar-refractivity contribution is 5.70. The van der Waals surface area contributed by atoms with Crippen molar-refractivity contribution in [2.24, 2.45) is 0 Å². The number of aryl methyl sites for hydroxylation is 1. The number of carbonyl (C=O) groups excluding carboxylic acids is 1. The fourth-order valence-electron chi connectivity index (χ4n) is 2.36. The van der Waals surface area contributed by atoms with Gasteiger partial charge in [0.1, 0.15) is 0 Å². The van der Waals surface area contributed by atoms with E-state index in [9.17, 15) is 4.79 Å². The van der Waals surface area contributed by atoms with Crippen LogP contribution in [0.15, 0.2) is 48.5 Å². The lowest BCUT2D eigenvalue weighted by Gasteiger charge is -2.08. The van der Waals surface area contributed by atoms with Crippen LogP contribution in [0.1, 0.15) is 25.8 Å². The Bertz CT molecular complexity index is 605. The lowest BCUT2D eigenvalue weighted by Crippen LogP contribution is -2.05. The van der Waals surface area contributed by atoms with Gasteiger partial charge in [0.2, 0.25) is 0 Å². The molecule has 0 amide bonds. The molecule has 0 atom stereocenters. The van der Waals surface area contributed by atoms with E-state index in [1.807, 2.05) is 6.92 Å². The number of carbonyl (C=O) groups is 1. The third-order valence-corrected chi connectivity index (χ3v) is 3.45. The van der Waals surface area contributed by atoms with Crippen LogP contribution < -0.4 is 5.32 Å². The molecular formula is C19H23NO2. The molecule has 2 aromatic rings. The summed E-state index contributed by atoms with van der Waals surface area (Å²) in [6.07, 6.45) is 1.15. The maximum absolute atomic E-state index is 11.4. The maximum Gasteiger partial charge on any atom is 0.306 e. The summed E-state index contributed by atoms with van der Waals surface area (Å²) in [5.41, 5.74) is 4.65. The zero-order valence-corrected chi connectivity index (χ0v) is 13.3. The van der Waals surface area contributed by atoms with Crippen molar-refractivity contribution >= 4 is 11.7 Å². The zero-order valence-electron chi connectivity index (χ0n) is 13.3. The van der Waals surface area contributed by atoms with Gasteiger partial charge in [-0.05, 0) is 49.1 Å². The van der Waals surface area contributed by atoms with Gasteiger partial charge in [-0.25, -0.2) is 0 Å². The smallest absolute Gasteiger partial charge is 0.306 e. The van der Waals surface area contributed by atoms with Gasteiger partial charge < -0.3 is 10.1 Å². The number of benzene rings is 2. The third kappa shape index (κ3) is 4.62. The van der Waals surface area contributed by atoms with Crippen LogP contribution >= 0.6 is 0 Å². The van der Waals surface area contributed by atoms with Gasteiger partial charge in [0.05, 0.1) is 6.61 Å². The van der Waals surface area contributed by atoms with Crippen molar-refractivity contribution in [1.82, 2.24) is 0 Å². The first-order chi connectivity index (χ1) is 10.7. The maximum atomic E-state index is 11.4. The summed E-state index contributed by atoms with van der Waals surface area (Å²) in [5, 5.41) is 3.32. The Morgan fingerprint density at radius 1 is 1.05 bits per heavy atom. The van der Waals surface area contributed by atoms with Crippen LogP contribution in [-0.2, 0) is 16.0 Å². The lowest BCUT2D eigenvalue weighted by molar-refractivity contribution is -0.143. The van der Waals surface area contributed by atoms with Gasteiger partial charge in [0.25, 0.3) is 0 Å². The number of nitrogens with one attached hydrogen (secondary N) is 1.